The second-order valence-electron chi connectivity index (χ2n) is 7.01. The van der Waals surface area contributed by atoms with Gasteiger partial charge in [0.2, 0.25) is 0 Å². The quantitative estimate of drug-likeness (QED) is 0.879. The summed E-state index contributed by atoms with van der Waals surface area (Å²) in [6.45, 7) is 12.5. The summed E-state index contributed by atoms with van der Waals surface area (Å²) in [5, 5.41) is 3.64. The zero-order valence-corrected chi connectivity index (χ0v) is 13.1. The molecule has 106 valence electrons. The third-order valence-electron chi connectivity index (χ3n) is 4.14. The zero-order chi connectivity index (χ0) is 14.0. The summed E-state index contributed by atoms with van der Waals surface area (Å²) < 4.78 is 0. The van der Waals surface area contributed by atoms with Crippen molar-refractivity contribution in [2.45, 2.75) is 45.6 Å². The lowest BCUT2D eigenvalue weighted by Gasteiger charge is -2.31. The number of nitrogens with zero attached hydrogens (tertiary/aromatic N) is 1. The van der Waals surface area contributed by atoms with Crippen molar-refractivity contribution in [3.05, 3.63) is 34.9 Å². The molecule has 1 saturated heterocycles. The molecule has 1 aromatic carbocycles. The largest absolute Gasteiger partial charge is 0.311 e. The standard InChI is InChI=1S/C17H28N2/c1-13-6-7-15(17(2,3)4)10-14(13)11-16-12-19(5)9-8-18-16/h6-7,10,16,18H,8-9,11-12H2,1-5H3. The van der Waals surface area contributed by atoms with Gasteiger partial charge in [0.15, 0.2) is 0 Å². The first-order valence-electron chi connectivity index (χ1n) is 7.38. The number of likely N-dealkylation sites (N-methyl/N-ethyl adjacent to an activating group) is 1. The molecule has 1 heterocycles. The van der Waals surface area contributed by atoms with Gasteiger partial charge in [-0.15, -0.1) is 0 Å². The van der Waals surface area contributed by atoms with Crippen molar-refractivity contribution < 1.29 is 0 Å². The predicted octanol–water partition coefficient (Wildman–Crippen LogP) is 2.74. The molecule has 2 rings (SSSR count). The van der Waals surface area contributed by atoms with E-state index in [1.807, 2.05) is 0 Å². The van der Waals surface area contributed by atoms with Crippen LogP contribution < -0.4 is 5.32 Å². The van der Waals surface area contributed by atoms with E-state index in [1.54, 1.807) is 0 Å². The average Bonchev–Trinajstić information content (AvgIpc) is 2.30. The van der Waals surface area contributed by atoms with E-state index in [0.29, 0.717) is 6.04 Å². The van der Waals surface area contributed by atoms with Gasteiger partial charge in [-0.05, 0) is 42.5 Å². The molecule has 1 atom stereocenters. The molecule has 0 saturated carbocycles. The van der Waals surface area contributed by atoms with E-state index >= 15 is 0 Å². The van der Waals surface area contributed by atoms with Crippen molar-refractivity contribution in [1.82, 2.24) is 10.2 Å². The highest BCUT2D eigenvalue weighted by atomic mass is 15.2. The molecule has 0 amide bonds. The van der Waals surface area contributed by atoms with Gasteiger partial charge in [-0.3, -0.25) is 0 Å². The Kier molecular flexibility index (Phi) is 4.32. The molecule has 1 N–H and O–H groups in total. The molecular weight excluding hydrogens is 232 g/mol. The summed E-state index contributed by atoms with van der Waals surface area (Å²) in [7, 11) is 2.21. The monoisotopic (exact) mass is 260 g/mol. The van der Waals surface area contributed by atoms with E-state index in [1.165, 1.54) is 16.7 Å². The van der Waals surface area contributed by atoms with Crippen LogP contribution in [0.15, 0.2) is 18.2 Å². The molecule has 1 unspecified atom stereocenters. The van der Waals surface area contributed by atoms with E-state index in [0.717, 1.165) is 26.1 Å². The first-order valence-corrected chi connectivity index (χ1v) is 7.38. The lowest BCUT2D eigenvalue weighted by atomic mass is 9.84. The van der Waals surface area contributed by atoms with E-state index in [4.69, 9.17) is 0 Å². The highest BCUT2D eigenvalue weighted by Crippen LogP contribution is 2.25. The Balaban J connectivity index is 2.15. The van der Waals surface area contributed by atoms with Gasteiger partial charge in [0.05, 0.1) is 0 Å². The van der Waals surface area contributed by atoms with Gasteiger partial charge >= 0.3 is 0 Å². The second-order valence-corrected chi connectivity index (χ2v) is 7.01. The number of nitrogens with one attached hydrogen (secondary N) is 1. The lowest BCUT2D eigenvalue weighted by molar-refractivity contribution is 0.238. The van der Waals surface area contributed by atoms with Crippen molar-refractivity contribution in [2.24, 2.45) is 0 Å². The Morgan fingerprint density at radius 1 is 1.32 bits per heavy atom. The van der Waals surface area contributed by atoms with E-state index in [-0.39, 0.29) is 5.41 Å². The van der Waals surface area contributed by atoms with Crippen molar-refractivity contribution >= 4 is 0 Å². The molecule has 2 heteroatoms. The van der Waals surface area contributed by atoms with Crippen LogP contribution in [0.25, 0.3) is 0 Å². The summed E-state index contributed by atoms with van der Waals surface area (Å²) >= 11 is 0. The molecule has 0 bridgehead atoms. The van der Waals surface area contributed by atoms with Crippen LogP contribution >= 0.6 is 0 Å². The minimum atomic E-state index is 0.235. The smallest absolute Gasteiger partial charge is 0.0235 e. The van der Waals surface area contributed by atoms with Crippen LogP contribution in [0.4, 0.5) is 0 Å². The molecule has 0 aliphatic carbocycles. The summed E-state index contributed by atoms with van der Waals surface area (Å²) in [4.78, 5) is 2.42. The first-order chi connectivity index (χ1) is 8.86. The number of hydrogen-bond donors (Lipinski definition) is 1. The zero-order valence-electron chi connectivity index (χ0n) is 13.1. The topological polar surface area (TPSA) is 15.3 Å². The number of piperazine rings is 1. The molecule has 1 aromatic rings. The molecule has 2 nitrogen and oxygen atoms in total. The molecule has 0 aromatic heterocycles. The minimum Gasteiger partial charge on any atom is -0.311 e. The molecule has 1 aliphatic rings. The van der Waals surface area contributed by atoms with Gasteiger partial charge in [-0.2, -0.15) is 0 Å². The van der Waals surface area contributed by atoms with Crippen LogP contribution in [0.5, 0.6) is 0 Å². The maximum absolute atomic E-state index is 3.64. The normalized spacial score (nSPS) is 21.6. The Labute approximate surface area is 118 Å². The average molecular weight is 260 g/mol. The SMILES string of the molecule is Cc1ccc(C(C)(C)C)cc1CC1CN(C)CCN1. The fourth-order valence-electron chi connectivity index (χ4n) is 2.75. The van der Waals surface area contributed by atoms with Gasteiger partial charge in [0.25, 0.3) is 0 Å². The highest BCUT2D eigenvalue weighted by Gasteiger charge is 2.19. The maximum Gasteiger partial charge on any atom is 0.0235 e. The third-order valence-corrected chi connectivity index (χ3v) is 4.14. The number of aryl methyl sites for hydroxylation is 1. The molecular formula is C17H28N2. The Hall–Kier alpha value is -0.860. The van der Waals surface area contributed by atoms with Crippen molar-refractivity contribution in [3.8, 4) is 0 Å². The van der Waals surface area contributed by atoms with Gasteiger partial charge in [0, 0.05) is 25.7 Å². The molecule has 0 radical (unpaired) electrons. The minimum absolute atomic E-state index is 0.235. The van der Waals surface area contributed by atoms with E-state index in [2.05, 4.69) is 63.2 Å². The Morgan fingerprint density at radius 3 is 2.68 bits per heavy atom. The number of benzene rings is 1. The summed E-state index contributed by atoms with van der Waals surface area (Å²) in [6, 6.07) is 7.56. The highest BCUT2D eigenvalue weighted by molar-refractivity contribution is 5.35. The van der Waals surface area contributed by atoms with Gasteiger partial charge < -0.3 is 10.2 Å². The van der Waals surface area contributed by atoms with E-state index < -0.39 is 0 Å². The molecule has 1 fully saturated rings. The first kappa shape index (κ1) is 14.5. The van der Waals surface area contributed by atoms with Crippen molar-refractivity contribution in [1.29, 1.82) is 0 Å². The molecule has 1 aliphatic heterocycles. The molecule has 0 spiro atoms. The van der Waals surface area contributed by atoms with Crippen molar-refractivity contribution in [3.63, 3.8) is 0 Å². The fourth-order valence-corrected chi connectivity index (χ4v) is 2.75. The van der Waals surface area contributed by atoms with Crippen LogP contribution in [0.1, 0.15) is 37.5 Å². The number of rotatable bonds is 2. The predicted molar refractivity (Wildman–Crippen MR) is 82.9 cm³/mol. The van der Waals surface area contributed by atoms with Crippen LogP contribution in [-0.2, 0) is 11.8 Å². The van der Waals surface area contributed by atoms with E-state index in [9.17, 15) is 0 Å². The lowest BCUT2D eigenvalue weighted by Crippen LogP contribution is -2.50. The third kappa shape index (κ3) is 3.80. The fraction of sp³-hybridized carbons (Fsp3) is 0.647. The Bertz CT molecular complexity index is 431. The summed E-state index contributed by atoms with van der Waals surface area (Å²) in [5.74, 6) is 0. The van der Waals surface area contributed by atoms with Crippen LogP contribution in [0, 0.1) is 6.92 Å². The Morgan fingerprint density at radius 2 is 2.05 bits per heavy atom. The van der Waals surface area contributed by atoms with Gasteiger partial charge in [-0.1, -0.05) is 39.0 Å². The van der Waals surface area contributed by atoms with Crippen molar-refractivity contribution in [2.75, 3.05) is 26.7 Å². The maximum atomic E-state index is 3.64. The summed E-state index contributed by atoms with van der Waals surface area (Å²) in [5.41, 5.74) is 4.60. The summed E-state index contributed by atoms with van der Waals surface area (Å²) in [6.07, 6.45) is 1.14. The molecule has 19 heavy (non-hydrogen) atoms. The van der Waals surface area contributed by atoms with Gasteiger partial charge in [-0.25, -0.2) is 0 Å². The second kappa shape index (κ2) is 5.64. The number of hydrogen-bond acceptors (Lipinski definition) is 2. The van der Waals surface area contributed by atoms with Crippen LogP contribution in [-0.4, -0.2) is 37.6 Å². The van der Waals surface area contributed by atoms with Crippen LogP contribution in [0.2, 0.25) is 0 Å². The van der Waals surface area contributed by atoms with Gasteiger partial charge in [0.1, 0.15) is 0 Å². The van der Waals surface area contributed by atoms with Crippen LogP contribution in [0.3, 0.4) is 0 Å².